The van der Waals surface area contributed by atoms with E-state index in [-0.39, 0.29) is 11.9 Å². The summed E-state index contributed by atoms with van der Waals surface area (Å²) in [7, 11) is 0. The van der Waals surface area contributed by atoms with Gasteiger partial charge in [-0.05, 0) is 19.1 Å². The second kappa shape index (κ2) is 5.71. The van der Waals surface area contributed by atoms with E-state index in [1.54, 1.807) is 18.4 Å². The van der Waals surface area contributed by atoms with E-state index >= 15 is 0 Å². The molecule has 0 saturated carbocycles. The highest BCUT2D eigenvalue weighted by Gasteiger charge is 2.29. The lowest BCUT2D eigenvalue weighted by Crippen LogP contribution is -2.54. The van der Waals surface area contributed by atoms with Crippen LogP contribution in [0, 0.1) is 5.95 Å². The van der Waals surface area contributed by atoms with Crippen molar-refractivity contribution in [1.82, 2.24) is 9.88 Å². The van der Waals surface area contributed by atoms with Crippen molar-refractivity contribution in [3.05, 3.63) is 36.0 Å². The second-order valence-electron chi connectivity index (χ2n) is 5.38. The summed E-state index contributed by atoms with van der Waals surface area (Å²) in [6.45, 7) is 4.47. The van der Waals surface area contributed by atoms with Crippen LogP contribution < -0.4 is 4.90 Å². The fraction of sp³-hybridized carbons (Fsp3) is 0.467. The van der Waals surface area contributed by atoms with Gasteiger partial charge in [0.15, 0.2) is 0 Å². The molecule has 5 nitrogen and oxygen atoms in total. The zero-order chi connectivity index (χ0) is 14.8. The van der Waals surface area contributed by atoms with Crippen LogP contribution in [0.2, 0.25) is 0 Å². The van der Waals surface area contributed by atoms with Gasteiger partial charge in [0.25, 0.3) is 5.91 Å². The van der Waals surface area contributed by atoms with E-state index in [9.17, 15) is 9.18 Å². The molecule has 0 spiro atoms. The maximum Gasteiger partial charge on any atom is 0.253 e. The van der Waals surface area contributed by atoms with Gasteiger partial charge in [0, 0.05) is 32.1 Å². The second-order valence-corrected chi connectivity index (χ2v) is 5.38. The third-order valence-corrected chi connectivity index (χ3v) is 3.90. The van der Waals surface area contributed by atoms with Gasteiger partial charge in [0.05, 0.1) is 18.4 Å². The minimum absolute atomic E-state index is 0.0474. The van der Waals surface area contributed by atoms with Crippen LogP contribution in [0.4, 0.5) is 10.2 Å². The molecule has 1 saturated heterocycles. The van der Waals surface area contributed by atoms with E-state index in [1.807, 2.05) is 16.7 Å². The summed E-state index contributed by atoms with van der Waals surface area (Å²) in [5.41, 5.74) is 0.736. The lowest BCUT2D eigenvalue weighted by Gasteiger charge is -2.40. The predicted molar refractivity (Wildman–Crippen MR) is 76.2 cm³/mol. The largest absolute Gasteiger partial charge is 0.500 e. The minimum atomic E-state index is -0.480. The van der Waals surface area contributed by atoms with Crippen LogP contribution in [-0.2, 0) is 9.53 Å². The summed E-state index contributed by atoms with van der Waals surface area (Å²) >= 11 is 0. The van der Waals surface area contributed by atoms with Gasteiger partial charge in [-0.2, -0.15) is 4.39 Å². The van der Waals surface area contributed by atoms with Gasteiger partial charge in [-0.25, -0.2) is 4.98 Å². The fourth-order valence-corrected chi connectivity index (χ4v) is 2.79. The van der Waals surface area contributed by atoms with Gasteiger partial charge in [-0.3, -0.25) is 4.79 Å². The third-order valence-electron chi connectivity index (χ3n) is 3.90. The first kappa shape index (κ1) is 13.9. The highest BCUT2D eigenvalue weighted by atomic mass is 19.1. The molecule has 3 rings (SSSR count). The molecular formula is C15H18FN3O2. The Labute approximate surface area is 123 Å². The Morgan fingerprint density at radius 1 is 1.43 bits per heavy atom. The van der Waals surface area contributed by atoms with Crippen LogP contribution >= 0.6 is 0 Å². The highest BCUT2D eigenvalue weighted by Crippen LogP contribution is 2.21. The standard InChI is InChI=1S/C15H18FN3O2/c1-11-9-18(15(20)12-5-8-21-10-12)6-7-19(11)14-4-2-3-13(16)17-14/h2-4,10-11H,5-9H2,1H3. The first-order chi connectivity index (χ1) is 10.1. The number of halogens is 1. The Morgan fingerprint density at radius 2 is 2.29 bits per heavy atom. The molecule has 2 aliphatic rings. The van der Waals surface area contributed by atoms with Crippen molar-refractivity contribution in [2.75, 3.05) is 31.1 Å². The zero-order valence-electron chi connectivity index (χ0n) is 12.0. The molecule has 6 heteroatoms. The number of amides is 1. The van der Waals surface area contributed by atoms with Crippen molar-refractivity contribution >= 4 is 11.7 Å². The molecule has 1 fully saturated rings. The lowest BCUT2D eigenvalue weighted by atomic mass is 10.1. The van der Waals surface area contributed by atoms with Gasteiger partial charge in [0.1, 0.15) is 5.82 Å². The molecule has 0 aliphatic carbocycles. The zero-order valence-corrected chi connectivity index (χ0v) is 12.0. The first-order valence-electron chi connectivity index (χ1n) is 7.14. The van der Waals surface area contributed by atoms with E-state index in [4.69, 9.17) is 4.74 Å². The van der Waals surface area contributed by atoms with Crippen LogP contribution in [0.3, 0.4) is 0 Å². The molecule has 112 valence electrons. The number of carbonyl (C=O) groups is 1. The summed E-state index contributed by atoms with van der Waals surface area (Å²) in [6, 6.07) is 4.88. The number of anilines is 1. The van der Waals surface area contributed by atoms with Crippen LogP contribution in [-0.4, -0.2) is 48.1 Å². The van der Waals surface area contributed by atoms with Gasteiger partial charge in [-0.1, -0.05) is 6.07 Å². The normalized spacial score (nSPS) is 22.0. The summed E-state index contributed by atoms with van der Waals surface area (Å²) < 4.78 is 18.4. The Bertz CT molecular complexity index is 576. The number of pyridine rings is 1. The topological polar surface area (TPSA) is 45.7 Å². The first-order valence-corrected chi connectivity index (χ1v) is 7.14. The summed E-state index contributed by atoms with van der Waals surface area (Å²) in [4.78, 5) is 20.1. The molecule has 0 N–H and O–H groups in total. The van der Waals surface area contributed by atoms with E-state index < -0.39 is 5.95 Å². The minimum Gasteiger partial charge on any atom is -0.500 e. The Kier molecular flexibility index (Phi) is 3.77. The number of carbonyl (C=O) groups excluding carboxylic acids is 1. The van der Waals surface area contributed by atoms with Gasteiger partial charge >= 0.3 is 0 Å². The highest BCUT2D eigenvalue weighted by molar-refractivity contribution is 5.93. The third kappa shape index (κ3) is 2.84. The maximum absolute atomic E-state index is 13.2. The number of hydrogen-bond acceptors (Lipinski definition) is 4. The molecule has 1 aromatic rings. The van der Waals surface area contributed by atoms with Crippen LogP contribution in [0.25, 0.3) is 0 Å². The molecule has 1 atom stereocenters. The molecule has 1 unspecified atom stereocenters. The maximum atomic E-state index is 13.2. The Morgan fingerprint density at radius 3 is 2.95 bits per heavy atom. The monoisotopic (exact) mass is 291 g/mol. The molecule has 0 bridgehead atoms. The van der Waals surface area contributed by atoms with Gasteiger partial charge in [0.2, 0.25) is 5.95 Å². The van der Waals surface area contributed by atoms with Gasteiger partial charge < -0.3 is 14.5 Å². The summed E-state index contributed by atoms with van der Waals surface area (Å²) in [5.74, 6) is 0.190. The lowest BCUT2D eigenvalue weighted by molar-refractivity contribution is -0.128. The van der Waals surface area contributed by atoms with Crippen LogP contribution in [0.15, 0.2) is 30.0 Å². The molecule has 1 amide bonds. The van der Waals surface area contributed by atoms with Crippen molar-refractivity contribution in [2.24, 2.45) is 0 Å². The van der Waals surface area contributed by atoms with E-state index in [0.717, 1.165) is 5.57 Å². The van der Waals surface area contributed by atoms with Crippen molar-refractivity contribution in [3.8, 4) is 0 Å². The predicted octanol–water partition coefficient (Wildman–Crippen LogP) is 1.56. The molecule has 1 aromatic heterocycles. The summed E-state index contributed by atoms with van der Waals surface area (Å²) in [6.07, 6.45) is 2.24. The number of aromatic nitrogens is 1. The van der Waals surface area contributed by atoms with Crippen LogP contribution in [0.1, 0.15) is 13.3 Å². The summed E-state index contributed by atoms with van der Waals surface area (Å²) in [5, 5.41) is 0. The van der Waals surface area contributed by atoms with E-state index in [2.05, 4.69) is 4.98 Å². The Hall–Kier alpha value is -2.11. The molecule has 0 radical (unpaired) electrons. The SMILES string of the molecule is CC1CN(C(=O)C2=COCC2)CCN1c1cccc(F)n1. The number of hydrogen-bond donors (Lipinski definition) is 0. The quantitative estimate of drug-likeness (QED) is 0.776. The number of ether oxygens (including phenoxy) is 1. The van der Waals surface area contributed by atoms with Gasteiger partial charge in [-0.15, -0.1) is 0 Å². The average Bonchev–Trinajstić information content (AvgIpc) is 3.00. The molecular weight excluding hydrogens is 273 g/mol. The van der Waals surface area contributed by atoms with E-state index in [0.29, 0.717) is 38.5 Å². The number of rotatable bonds is 2. The van der Waals surface area contributed by atoms with E-state index in [1.165, 1.54) is 6.07 Å². The van der Waals surface area contributed by atoms with Crippen molar-refractivity contribution in [3.63, 3.8) is 0 Å². The average molecular weight is 291 g/mol. The fourth-order valence-electron chi connectivity index (χ4n) is 2.79. The van der Waals surface area contributed by atoms with Crippen LogP contribution in [0.5, 0.6) is 0 Å². The molecule has 21 heavy (non-hydrogen) atoms. The van der Waals surface area contributed by atoms with Crippen molar-refractivity contribution < 1.29 is 13.9 Å². The molecule has 2 aliphatic heterocycles. The molecule has 0 aromatic carbocycles. The van der Waals surface area contributed by atoms with Crippen molar-refractivity contribution in [1.29, 1.82) is 0 Å². The smallest absolute Gasteiger partial charge is 0.253 e. The van der Waals surface area contributed by atoms with Crippen molar-refractivity contribution in [2.45, 2.75) is 19.4 Å². The Balaban J connectivity index is 1.68. The number of nitrogens with zero attached hydrogens (tertiary/aromatic N) is 3. The molecule has 3 heterocycles. The number of piperazine rings is 1.